The van der Waals surface area contributed by atoms with Crippen LogP contribution in [0.25, 0.3) is 21.5 Å². The van der Waals surface area contributed by atoms with Gasteiger partial charge in [-0.1, -0.05) is 17.4 Å². The Morgan fingerprint density at radius 3 is 2.52 bits per heavy atom. The molecule has 13 heteroatoms. The fourth-order valence-corrected chi connectivity index (χ4v) is 6.53. The van der Waals surface area contributed by atoms with Gasteiger partial charge in [0.25, 0.3) is 0 Å². The van der Waals surface area contributed by atoms with Gasteiger partial charge >= 0.3 is 6.18 Å². The number of carbonyl (C=O) groups is 1. The van der Waals surface area contributed by atoms with Crippen molar-refractivity contribution in [3.63, 3.8) is 0 Å². The first kappa shape index (κ1) is 29.6. The number of thiazole rings is 1. The van der Waals surface area contributed by atoms with E-state index in [1.165, 1.54) is 30.7 Å². The van der Waals surface area contributed by atoms with Gasteiger partial charge in [-0.3, -0.25) is 4.79 Å². The van der Waals surface area contributed by atoms with Crippen molar-refractivity contribution in [3.8, 4) is 22.9 Å². The average molecular weight is 600 g/mol. The Kier molecular flexibility index (Phi) is 7.84. The Hall–Kier alpha value is -3.84. The smallest absolute Gasteiger partial charge is 0.394 e. The number of ether oxygens (including phenoxy) is 1. The van der Waals surface area contributed by atoms with Gasteiger partial charge in [-0.15, -0.1) is 0 Å². The second-order valence-corrected chi connectivity index (χ2v) is 12.8. The van der Waals surface area contributed by atoms with E-state index < -0.39 is 12.6 Å². The lowest BCUT2D eigenvalue weighted by molar-refractivity contribution is -0.127. The summed E-state index contributed by atoms with van der Waals surface area (Å²) in [5.41, 5.74) is 1.07. The van der Waals surface area contributed by atoms with E-state index in [0.717, 1.165) is 17.5 Å². The summed E-state index contributed by atoms with van der Waals surface area (Å²) in [5, 5.41) is 10.2. The first-order valence-electron chi connectivity index (χ1n) is 13.4. The number of alkyl halides is 3. The number of pyridine rings is 1. The van der Waals surface area contributed by atoms with E-state index in [9.17, 15) is 18.0 Å². The number of anilines is 2. The largest absolute Gasteiger partial charge is 0.437 e. The van der Waals surface area contributed by atoms with E-state index in [1.54, 1.807) is 18.2 Å². The molecule has 3 aromatic heterocycles. The van der Waals surface area contributed by atoms with Crippen LogP contribution in [0, 0.1) is 0 Å². The second kappa shape index (κ2) is 11.1. The molecule has 5 rings (SSSR count). The Balaban J connectivity index is 1.48. The van der Waals surface area contributed by atoms with Crippen molar-refractivity contribution in [2.75, 3.05) is 10.6 Å². The maximum Gasteiger partial charge on any atom is 0.394 e. The maximum atomic E-state index is 13.3. The molecular weight excluding hydrogens is 567 g/mol. The zero-order valence-electron chi connectivity index (χ0n) is 23.9. The normalized spacial score (nSPS) is 16.8. The average Bonchev–Trinajstić information content (AvgIpc) is 3.24. The number of piperidine rings is 1. The number of aromatic nitrogens is 4. The van der Waals surface area contributed by atoms with Gasteiger partial charge in [-0.05, 0) is 64.8 Å². The van der Waals surface area contributed by atoms with Gasteiger partial charge in [-0.25, -0.2) is 19.9 Å². The number of halogens is 3. The van der Waals surface area contributed by atoms with Crippen molar-refractivity contribution in [1.82, 2.24) is 25.3 Å². The molecule has 1 aliphatic rings. The van der Waals surface area contributed by atoms with Crippen LogP contribution >= 0.6 is 11.3 Å². The molecule has 222 valence electrons. The van der Waals surface area contributed by atoms with E-state index in [-0.39, 0.29) is 34.6 Å². The van der Waals surface area contributed by atoms with Gasteiger partial charge in [-0.2, -0.15) is 13.2 Å². The van der Waals surface area contributed by atoms with Crippen molar-refractivity contribution >= 4 is 38.4 Å². The molecule has 3 N–H and O–H groups in total. The molecule has 9 nitrogen and oxygen atoms in total. The molecule has 42 heavy (non-hydrogen) atoms. The lowest BCUT2D eigenvalue weighted by Crippen LogP contribution is -2.60. The van der Waals surface area contributed by atoms with Crippen LogP contribution in [0.2, 0.25) is 0 Å². The third-order valence-corrected chi connectivity index (χ3v) is 7.60. The minimum atomic E-state index is -4.39. The van der Waals surface area contributed by atoms with E-state index >= 15 is 0 Å². The van der Waals surface area contributed by atoms with E-state index in [4.69, 9.17) is 4.74 Å². The van der Waals surface area contributed by atoms with Crippen molar-refractivity contribution < 1.29 is 22.7 Å². The summed E-state index contributed by atoms with van der Waals surface area (Å²) >= 11 is 1.32. The Morgan fingerprint density at radius 2 is 1.83 bits per heavy atom. The fraction of sp³-hybridized carbons (Fsp3) is 0.414. The predicted molar refractivity (Wildman–Crippen MR) is 157 cm³/mol. The molecule has 4 heterocycles. The number of para-hydroxylation sites is 1. The van der Waals surface area contributed by atoms with Crippen LogP contribution in [-0.4, -0.2) is 49.1 Å². The number of nitrogens with zero attached hydrogens (tertiary/aromatic N) is 4. The number of rotatable bonds is 7. The summed E-state index contributed by atoms with van der Waals surface area (Å²) in [6, 6.07) is 9.95. The Morgan fingerprint density at radius 1 is 1.10 bits per heavy atom. The van der Waals surface area contributed by atoms with Crippen molar-refractivity contribution in [2.45, 2.75) is 77.2 Å². The lowest BCUT2D eigenvalue weighted by atomic mass is 9.79. The zero-order chi connectivity index (χ0) is 30.3. The summed E-state index contributed by atoms with van der Waals surface area (Å²) < 4.78 is 46.7. The van der Waals surface area contributed by atoms with Gasteiger partial charge in [0.2, 0.25) is 11.8 Å². The van der Waals surface area contributed by atoms with Gasteiger partial charge in [0.05, 0.1) is 22.5 Å². The van der Waals surface area contributed by atoms with E-state index in [1.807, 2.05) is 12.1 Å². The quantitative estimate of drug-likeness (QED) is 0.214. The summed E-state index contributed by atoms with van der Waals surface area (Å²) in [6.07, 6.45) is -2.70. The van der Waals surface area contributed by atoms with Gasteiger partial charge in [0, 0.05) is 35.7 Å². The molecule has 0 radical (unpaired) electrons. The highest BCUT2D eigenvalue weighted by Gasteiger charge is 2.38. The summed E-state index contributed by atoms with van der Waals surface area (Å²) in [4.78, 5) is 29.0. The lowest BCUT2D eigenvalue weighted by Gasteiger charge is -2.46. The molecule has 1 aliphatic heterocycles. The minimum absolute atomic E-state index is 0.0405. The summed E-state index contributed by atoms with van der Waals surface area (Å²) in [6.45, 7) is 9.83. The number of fused-ring (bicyclic) bond motifs is 1. The molecule has 0 aliphatic carbocycles. The monoisotopic (exact) mass is 599 g/mol. The Bertz CT molecular complexity index is 1600. The molecule has 4 aromatic rings. The standard InChI is InChI=1S/C29H32F3N7O2S/c1-16(40)35-26-38-24-21(7-6-8-22(24)42-26)41-23-11-20(33-15-34-23)19-10-9-17(14-29(30,31)32)36-25(19)37-18-12-27(2,3)39-28(4,5)13-18/h6-11,15,18,39H,12-14H2,1-5H3,(H,36,37)(H,35,38,40). The number of nitrogens with one attached hydrogen (secondary N) is 3. The number of hydrogen-bond donors (Lipinski definition) is 3. The van der Waals surface area contributed by atoms with E-state index in [0.29, 0.717) is 33.5 Å². The molecule has 0 bridgehead atoms. The number of amides is 1. The molecule has 0 spiro atoms. The summed E-state index contributed by atoms with van der Waals surface area (Å²) in [7, 11) is 0. The third-order valence-electron chi connectivity index (χ3n) is 6.66. The van der Waals surface area contributed by atoms with Crippen molar-refractivity contribution in [2.24, 2.45) is 0 Å². The number of hydrogen-bond acceptors (Lipinski definition) is 9. The molecule has 1 fully saturated rings. The Labute approximate surface area is 245 Å². The highest BCUT2D eigenvalue weighted by atomic mass is 32.1. The van der Waals surface area contributed by atoms with Crippen molar-refractivity contribution in [3.05, 3.63) is 48.4 Å². The molecule has 0 atom stereocenters. The van der Waals surface area contributed by atoms with Gasteiger partial charge < -0.3 is 20.7 Å². The molecule has 1 saturated heterocycles. The zero-order valence-corrected chi connectivity index (χ0v) is 24.7. The highest BCUT2D eigenvalue weighted by molar-refractivity contribution is 7.22. The summed E-state index contributed by atoms with van der Waals surface area (Å²) in [5.74, 6) is 0.742. The molecule has 1 aromatic carbocycles. The molecular formula is C29H32F3N7O2S. The predicted octanol–water partition coefficient (Wildman–Crippen LogP) is 6.72. The molecule has 1 amide bonds. The van der Waals surface area contributed by atoms with Gasteiger partial charge in [0.1, 0.15) is 17.7 Å². The van der Waals surface area contributed by atoms with E-state index in [2.05, 4.69) is 63.6 Å². The van der Waals surface area contributed by atoms with Crippen LogP contribution in [0.15, 0.2) is 42.7 Å². The second-order valence-electron chi connectivity index (χ2n) is 11.8. The van der Waals surface area contributed by atoms with Crippen LogP contribution in [0.4, 0.5) is 24.1 Å². The number of benzene rings is 1. The molecule has 0 saturated carbocycles. The SMILES string of the molecule is CC(=O)Nc1nc2c(Oc3cc(-c4ccc(CC(F)(F)F)nc4NC4CC(C)(C)NC(C)(C)C4)ncn3)cccc2s1. The van der Waals surface area contributed by atoms with Crippen LogP contribution in [0.3, 0.4) is 0 Å². The van der Waals surface area contributed by atoms with Crippen LogP contribution in [-0.2, 0) is 11.2 Å². The fourth-order valence-electron chi connectivity index (χ4n) is 5.60. The first-order chi connectivity index (χ1) is 19.6. The maximum absolute atomic E-state index is 13.3. The van der Waals surface area contributed by atoms with Crippen LogP contribution < -0.4 is 20.7 Å². The van der Waals surface area contributed by atoms with Crippen LogP contribution in [0.5, 0.6) is 11.6 Å². The molecule has 0 unspecified atom stereocenters. The van der Waals surface area contributed by atoms with Crippen LogP contribution in [0.1, 0.15) is 53.2 Å². The number of carbonyl (C=O) groups excluding carboxylic acids is 1. The topological polar surface area (TPSA) is 114 Å². The first-order valence-corrected chi connectivity index (χ1v) is 14.3. The van der Waals surface area contributed by atoms with Gasteiger partial charge in [0.15, 0.2) is 10.9 Å². The van der Waals surface area contributed by atoms with Crippen molar-refractivity contribution in [1.29, 1.82) is 0 Å². The third kappa shape index (κ3) is 7.32. The highest BCUT2D eigenvalue weighted by Crippen LogP contribution is 2.37. The minimum Gasteiger partial charge on any atom is -0.437 e.